The van der Waals surface area contributed by atoms with Crippen molar-refractivity contribution in [1.29, 1.82) is 0 Å². The van der Waals surface area contributed by atoms with Gasteiger partial charge in [-0.15, -0.1) is 11.8 Å². The Morgan fingerprint density at radius 2 is 2.25 bits per heavy atom. The van der Waals surface area contributed by atoms with E-state index in [1.54, 1.807) is 17.8 Å². The third kappa shape index (κ3) is 3.09. The maximum atomic E-state index is 5.50. The Morgan fingerprint density at radius 1 is 1.50 bits per heavy atom. The van der Waals surface area contributed by atoms with Crippen LogP contribution >= 0.6 is 11.8 Å². The van der Waals surface area contributed by atoms with Gasteiger partial charge in [0, 0.05) is 11.8 Å². The highest BCUT2D eigenvalue weighted by Crippen LogP contribution is 2.18. The normalized spacial score (nSPS) is 10.6. The molecular formula is C8H13N3S. The number of hydrogen-bond acceptors (Lipinski definition) is 4. The van der Waals surface area contributed by atoms with Gasteiger partial charge < -0.3 is 5.73 Å². The second kappa shape index (κ2) is 4.30. The lowest BCUT2D eigenvalue weighted by molar-refractivity contribution is 0.749. The molecule has 0 amide bonds. The fourth-order valence-corrected chi connectivity index (χ4v) is 1.51. The van der Waals surface area contributed by atoms with E-state index in [0.29, 0.717) is 11.7 Å². The molecule has 1 rings (SSSR count). The van der Waals surface area contributed by atoms with Crippen LogP contribution in [0.2, 0.25) is 0 Å². The van der Waals surface area contributed by atoms with E-state index in [1.165, 1.54) is 6.33 Å². The quantitative estimate of drug-likeness (QED) is 0.573. The molecule has 0 unspecified atom stereocenters. The molecular weight excluding hydrogens is 170 g/mol. The fourth-order valence-electron chi connectivity index (χ4n) is 0.684. The van der Waals surface area contributed by atoms with E-state index in [1.807, 2.05) is 0 Å². The Labute approximate surface area is 76.8 Å². The SMILES string of the molecule is CC(C)CSc1cc(N)ncn1. The fraction of sp³-hybridized carbons (Fsp3) is 0.500. The Kier molecular flexibility index (Phi) is 3.34. The standard InChI is InChI=1S/C8H13N3S/c1-6(2)4-12-8-3-7(9)10-5-11-8/h3,5-6H,4H2,1-2H3,(H2,9,10,11). The van der Waals surface area contributed by atoms with Crippen LogP contribution in [0.5, 0.6) is 0 Å². The highest BCUT2D eigenvalue weighted by atomic mass is 32.2. The number of aromatic nitrogens is 2. The number of rotatable bonds is 3. The largest absolute Gasteiger partial charge is 0.384 e. The molecule has 0 radical (unpaired) electrons. The van der Waals surface area contributed by atoms with E-state index in [2.05, 4.69) is 23.8 Å². The van der Waals surface area contributed by atoms with Crippen LogP contribution in [0, 0.1) is 5.92 Å². The highest BCUT2D eigenvalue weighted by Gasteiger charge is 1.98. The van der Waals surface area contributed by atoms with Crippen molar-refractivity contribution in [3.05, 3.63) is 12.4 Å². The lowest BCUT2D eigenvalue weighted by Crippen LogP contribution is -1.94. The maximum Gasteiger partial charge on any atom is 0.127 e. The Morgan fingerprint density at radius 3 is 2.83 bits per heavy atom. The summed E-state index contributed by atoms with van der Waals surface area (Å²) >= 11 is 1.71. The zero-order valence-corrected chi connectivity index (χ0v) is 8.14. The molecule has 0 atom stereocenters. The topological polar surface area (TPSA) is 51.8 Å². The van der Waals surface area contributed by atoms with Gasteiger partial charge in [0.25, 0.3) is 0 Å². The van der Waals surface area contributed by atoms with Crippen LogP contribution in [0.4, 0.5) is 5.82 Å². The molecule has 0 bridgehead atoms. The van der Waals surface area contributed by atoms with Gasteiger partial charge in [0.1, 0.15) is 17.2 Å². The molecule has 1 heterocycles. The summed E-state index contributed by atoms with van der Waals surface area (Å²) in [4.78, 5) is 7.90. The molecule has 0 saturated carbocycles. The summed E-state index contributed by atoms with van der Waals surface area (Å²) in [5.74, 6) is 2.28. The molecule has 12 heavy (non-hydrogen) atoms. The highest BCUT2D eigenvalue weighted by molar-refractivity contribution is 7.99. The predicted octanol–water partition coefficient (Wildman–Crippen LogP) is 1.81. The van der Waals surface area contributed by atoms with Gasteiger partial charge in [0.2, 0.25) is 0 Å². The molecule has 0 aliphatic heterocycles. The molecule has 0 aliphatic rings. The number of anilines is 1. The van der Waals surface area contributed by atoms with Crippen LogP contribution in [0.25, 0.3) is 0 Å². The summed E-state index contributed by atoms with van der Waals surface area (Å²) < 4.78 is 0. The molecule has 1 aromatic rings. The van der Waals surface area contributed by atoms with Gasteiger partial charge in [-0.3, -0.25) is 0 Å². The van der Waals surface area contributed by atoms with Crippen molar-refractivity contribution in [3.63, 3.8) is 0 Å². The first-order valence-electron chi connectivity index (χ1n) is 3.89. The number of thioether (sulfide) groups is 1. The minimum Gasteiger partial charge on any atom is -0.384 e. The van der Waals surface area contributed by atoms with Gasteiger partial charge in [0.05, 0.1) is 0 Å². The van der Waals surface area contributed by atoms with Gasteiger partial charge in [-0.1, -0.05) is 13.8 Å². The van der Waals surface area contributed by atoms with Crippen molar-refractivity contribution < 1.29 is 0 Å². The van der Waals surface area contributed by atoms with Crippen molar-refractivity contribution >= 4 is 17.6 Å². The molecule has 0 aliphatic carbocycles. The number of nitrogens with two attached hydrogens (primary N) is 1. The van der Waals surface area contributed by atoms with Gasteiger partial charge in [-0.2, -0.15) is 0 Å². The Hall–Kier alpha value is -0.770. The first kappa shape index (κ1) is 9.32. The summed E-state index contributed by atoms with van der Waals surface area (Å²) in [6, 6.07) is 1.80. The average Bonchev–Trinajstić information content (AvgIpc) is 2.01. The minimum absolute atomic E-state index is 0.538. The van der Waals surface area contributed by atoms with Gasteiger partial charge >= 0.3 is 0 Å². The van der Waals surface area contributed by atoms with Crippen LogP contribution in [0.1, 0.15) is 13.8 Å². The lowest BCUT2D eigenvalue weighted by Gasteiger charge is -2.02. The third-order valence-corrected chi connectivity index (χ3v) is 2.58. The van der Waals surface area contributed by atoms with E-state index in [-0.39, 0.29) is 0 Å². The summed E-state index contributed by atoms with van der Waals surface area (Å²) in [7, 11) is 0. The first-order chi connectivity index (χ1) is 5.68. The molecule has 4 heteroatoms. The first-order valence-corrected chi connectivity index (χ1v) is 4.87. The molecule has 2 N–H and O–H groups in total. The number of nitrogens with zero attached hydrogens (tertiary/aromatic N) is 2. The van der Waals surface area contributed by atoms with Crippen molar-refractivity contribution in [1.82, 2.24) is 9.97 Å². The lowest BCUT2D eigenvalue weighted by atomic mass is 10.3. The molecule has 3 nitrogen and oxygen atoms in total. The van der Waals surface area contributed by atoms with Gasteiger partial charge in [0.15, 0.2) is 0 Å². The molecule has 0 saturated heterocycles. The monoisotopic (exact) mass is 183 g/mol. The van der Waals surface area contributed by atoms with Crippen LogP contribution in [0.15, 0.2) is 17.4 Å². The van der Waals surface area contributed by atoms with E-state index < -0.39 is 0 Å². The van der Waals surface area contributed by atoms with E-state index in [4.69, 9.17) is 5.73 Å². The third-order valence-electron chi connectivity index (χ3n) is 1.23. The van der Waals surface area contributed by atoms with Crippen LogP contribution < -0.4 is 5.73 Å². The number of hydrogen-bond donors (Lipinski definition) is 1. The van der Waals surface area contributed by atoms with Crippen LogP contribution in [0.3, 0.4) is 0 Å². The van der Waals surface area contributed by atoms with Crippen molar-refractivity contribution in [2.24, 2.45) is 5.92 Å². The predicted molar refractivity (Wildman–Crippen MR) is 52.0 cm³/mol. The van der Waals surface area contributed by atoms with E-state index in [0.717, 1.165) is 10.8 Å². The van der Waals surface area contributed by atoms with Crippen molar-refractivity contribution in [2.75, 3.05) is 11.5 Å². The van der Waals surface area contributed by atoms with Gasteiger partial charge in [-0.05, 0) is 5.92 Å². The zero-order chi connectivity index (χ0) is 8.97. The molecule has 0 fully saturated rings. The van der Waals surface area contributed by atoms with E-state index >= 15 is 0 Å². The summed E-state index contributed by atoms with van der Waals surface area (Å²) in [6.45, 7) is 4.36. The molecule has 66 valence electrons. The second-order valence-electron chi connectivity index (χ2n) is 2.99. The maximum absolute atomic E-state index is 5.50. The average molecular weight is 183 g/mol. The molecule has 1 aromatic heterocycles. The van der Waals surface area contributed by atoms with Crippen LogP contribution in [-0.2, 0) is 0 Å². The smallest absolute Gasteiger partial charge is 0.127 e. The summed E-state index contributed by atoms with van der Waals surface area (Å²) in [5.41, 5.74) is 5.50. The van der Waals surface area contributed by atoms with Crippen molar-refractivity contribution in [2.45, 2.75) is 18.9 Å². The van der Waals surface area contributed by atoms with Crippen molar-refractivity contribution in [3.8, 4) is 0 Å². The molecule has 0 aromatic carbocycles. The summed E-state index contributed by atoms with van der Waals surface area (Å²) in [5, 5.41) is 0.955. The van der Waals surface area contributed by atoms with Crippen LogP contribution in [-0.4, -0.2) is 15.7 Å². The zero-order valence-electron chi connectivity index (χ0n) is 7.32. The van der Waals surface area contributed by atoms with E-state index in [9.17, 15) is 0 Å². The Bertz CT molecular complexity index is 250. The molecule has 0 spiro atoms. The second-order valence-corrected chi connectivity index (χ2v) is 4.03. The Balaban J connectivity index is 2.52. The van der Waals surface area contributed by atoms with Gasteiger partial charge in [-0.25, -0.2) is 9.97 Å². The minimum atomic E-state index is 0.538. The summed E-state index contributed by atoms with van der Waals surface area (Å²) in [6.07, 6.45) is 1.50. The number of nitrogen functional groups attached to an aromatic ring is 1.